The Kier molecular flexibility index (Phi) is 5.26. The van der Waals surface area contributed by atoms with E-state index in [1.807, 2.05) is 4.90 Å². The van der Waals surface area contributed by atoms with Gasteiger partial charge in [0.25, 0.3) is 11.5 Å². The van der Waals surface area contributed by atoms with Gasteiger partial charge in [-0.15, -0.1) is 6.58 Å². The molecule has 154 valence electrons. The summed E-state index contributed by atoms with van der Waals surface area (Å²) in [6.07, 6.45) is 3.23. The van der Waals surface area contributed by atoms with E-state index < -0.39 is 11.6 Å². The molecule has 3 heterocycles. The number of carbonyl (C=O) groups excluding carboxylic acids is 1. The minimum Gasteiger partial charge on any atom is -0.348 e. The molecule has 1 fully saturated rings. The lowest BCUT2D eigenvalue weighted by molar-refractivity contribution is 0.0746. The van der Waals surface area contributed by atoms with Gasteiger partial charge in [-0.1, -0.05) is 6.08 Å². The van der Waals surface area contributed by atoms with Crippen LogP contribution in [-0.2, 0) is 6.54 Å². The van der Waals surface area contributed by atoms with Gasteiger partial charge in [-0.25, -0.2) is 18.7 Å². The molecule has 3 aromatic rings. The molecular weight excluding hydrogens is 392 g/mol. The molecule has 2 aromatic heterocycles. The third-order valence-corrected chi connectivity index (χ3v) is 5.03. The number of rotatable bonds is 4. The second-order valence-corrected chi connectivity index (χ2v) is 6.89. The van der Waals surface area contributed by atoms with Crippen molar-refractivity contribution in [2.24, 2.45) is 0 Å². The van der Waals surface area contributed by atoms with Gasteiger partial charge in [0.15, 0.2) is 23.1 Å². The van der Waals surface area contributed by atoms with Crippen molar-refractivity contribution in [1.29, 1.82) is 0 Å². The lowest BCUT2D eigenvalue weighted by atomic mass is 10.1. The van der Waals surface area contributed by atoms with Crippen molar-refractivity contribution >= 4 is 22.9 Å². The van der Waals surface area contributed by atoms with Crippen LogP contribution in [0.3, 0.4) is 0 Å². The van der Waals surface area contributed by atoms with Crippen LogP contribution in [0.15, 0.2) is 54.0 Å². The van der Waals surface area contributed by atoms with E-state index >= 15 is 0 Å². The van der Waals surface area contributed by atoms with Crippen molar-refractivity contribution in [3.8, 4) is 0 Å². The third kappa shape index (κ3) is 3.54. The van der Waals surface area contributed by atoms with E-state index in [0.717, 1.165) is 12.1 Å². The van der Waals surface area contributed by atoms with Crippen molar-refractivity contribution in [1.82, 2.24) is 19.4 Å². The Bertz CT molecular complexity index is 1190. The highest BCUT2D eigenvalue weighted by molar-refractivity contribution is 5.94. The number of amides is 1. The van der Waals surface area contributed by atoms with Gasteiger partial charge in [-0.05, 0) is 30.3 Å². The Balaban J connectivity index is 1.57. The van der Waals surface area contributed by atoms with Crippen LogP contribution in [0.25, 0.3) is 11.2 Å². The van der Waals surface area contributed by atoms with E-state index in [0.29, 0.717) is 43.9 Å². The van der Waals surface area contributed by atoms with Crippen LogP contribution < -0.4 is 10.5 Å². The first-order chi connectivity index (χ1) is 14.5. The Morgan fingerprint density at radius 2 is 1.90 bits per heavy atom. The summed E-state index contributed by atoms with van der Waals surface area (Å²) in [5.74, 6) is -2.15. The second kappa shape index (κ2) is 8.02. The fourth-order valence-electron chi connectivity index (χ4n) is 3.50. The van der Waals surface area contributed by atoms with Gasteiger partial charge < -0.3 is 9.80 Å². The first-order valence-electron chi connectivity index (χ1n) is 9.45. The monoisotopic (exact) mass is 411 g/mol. The first kappa shape index (κ1) is 19.7. The molecule has 1 aliphatic rings. The standard InChI is InChI=1S/C21H19F2N5O2/c1-2-8-28-18-17(4-3-7-24-18)25-19(21(28)30)26-9-11-27(12-10-26)20(29)14-5-6-15(22)16(23)13-14/h2-7,13H,1,8-12H2. The van der Waals surface area contributed by atoms with E-state index in [1.54, 1.807) is 29.3 Å². The van der Waals surface area contributed by atoms with E-state index in [4.69, 9.17) is 0 Å². The van der Waals surface area contributed by atoms with Gasteiger partial charge in [0.05, 0.1) is 0 Å². The number of aromatic nitrogens is 3. The normalized spacial score (nSPS) is 14.2. The number of pyridine rings is 1. The molecule has 1 saturated heterocycles. The van der Waals surface area contributed by atoms with Gasteiger partial charge in [-0.2, -0.15) is 0 Å². The number of anilines is 1. The summed E-state index contributed by atoms with van der Waals surface area (Å²) in [5.41, 5.74) is 0.889. The molecule has 30 heavy (non-hydrogen) atoms. The molecule has 0 spiro atoms. The van der Waals surface area contributed by atoms with Gasteiger partial charge in [0.2, 0.25) is 0 Å². The van der Waals surface area contributed by atoms with Gasteiger partial charge >= 0.3 is 0 Å². The minimum atomic E-state index is -1.06. The predicted octanol–water partition coefficient (Wildman–Crippen LogP) is 2.22. The average molecular weight is 411 g/mol. The average Bonchev–Trinajstić information content (AvgIpc) is 2.77. The lowest BCUT2D eigenvalue weighted by Gasteiger charge is -2.35. The Hall–Kier alpha value is -3.62. The Morgan fingerprint density at radius 1 is 1.13 bits per heavy atom. The number of halogens is 2. The summed E-state index contributed by atoms with van der Waals surface area (Å²) < 4.78 is 28.1. The van der Waals surface area contributed by atoms with E-state index in [9.17, 15) is 18.4 Å². The molecule has 0 saturated carbocycles. The highest BCUT2D eigenvalue weighted by Crippen LogP contribution is 2.17. The largest absolute Gasteiger partial charge is 0.348 e. The molecule has 0 aliphatic carbocycles. The maximum Gasteiger partial charge on any atom is 0.295 e. The Labute approximate surface area is 170 Å². The van der Waals surface area contributed by atoms with E-state index in [1.165, 1.54) is 10.6 Å². The molecule has 0 bridgehead atoms. The maximum atomic E-state index is 13.5. The number of hydrogen-bond acceptors (Lipinski definition) is 5. The second-order valence-electron chi connectivity index (χ2n) is 6.89. The van der Waals surface area contributed by atoms with Gasteiger partial charge in [0.1, 0.15) is 5.52 Å². The summed E-state index contributed by atoms with van der Waals surface area (Å²) in [6, 6.07) is 6.64. The van der Waals surface area contributed by atoms with Crippen LogP contribution in [0.5, 0.6) is 0 Å². The van der Waals surface area contributed by atoms with Crippen LogP contribution in [0.2, 0.25) is 0 Å². The number of fused-ring (bicyclic) bond motifs is 1. The molecular formula is C21H19F2N5O2. The fourth-order valence-corrected chi connectivity index (χ4v) is 3.50. The first-order valence-corrected chi connectivity index (χ1v) is 9.45. The van der Waals surface area contributed by atoms with Crippen LogP contribution in [0, 0.1) is 11.6 Å². The van der Waals surface area contributed by atoms with E-state index in [-0.39, 0.29) is 22.8 Å². The molecule has 0 radical (unpaired) electrons. The van der Waals surface area contributed by atoms with Crippen molar-refractivity contribution < 1.29 is 13.6 Å². The third-order valence-electron chi connectivity index (χ3n) is 5.03. The van der Waals surface area contributed by atoms with Crippen LogP contribution >= 0.6 is 0 Å². The predicted molar refractivity (Wildman–Crippen MR) is 108 cm³/mol. The van der Waals surface area contributed by atoms with Gasteiger partial charge in [0, 0.05) is 44.5 Å². The summed E-state index contributed by atoms with van der Waals surface area (Å²) in [4.78, 5) is 37.7. The highest BCUT2D eigenvalue weighted by atomic mass is 19.2. The molecule has 4 rings (SSSR count). The van der Waals surface area contributed by atoms with E-state index in [2.05, 4.69) is 16.5 Å². The number of piperazine rings is 1. The molecule has 9 heteroatoms. The molecule has 0 unspecified atom stereocenters. The smallest absolute Gasteiger partial charge is 0.295 e. The fraction of sp³-hybridized carbons (Fsp3) is 0.238. The quantitative estimate of drug-likeness (QED) is 0.616. The molecule has 0 atom stereocenters. The summed E-state index contributed by atoms with van der Waals surface area (Å²) in [7, 11) is 0. The molecule has 1 aromatic carbocycles. The minimum absolute atomic E-state index is 0.0885. The van der Waals surface area contributed by atoms with Gasteiger partial charge in [-0.3, -0.25) is 14.2 Å². The zero-order valence-corrected chi connectivity index (χ0v) is 16.1. The summed E-state index contributed by atoms with van der Waals surface area (Å²) in [5, 5.41) is 0. The highest BCUT2D eigenvalue weighted by Gasteiger charge is 2.26. The Morgan fingerprint density at radius 3 is 2.60 bits per heavy atom. The zero-order chi connectivity index (χ0) is 21.3. The number of hydrogen-bond donors (Lipinski definition) is 0. The number of allylic oxidation sites excluding steroid dienone is 1. The van der Waals surface area contributed by atoms with Crippen molar-refractivity contribution in [2.45, 2.75) is 6.54 Å². The topological polar surface area (TPSA) is 71.3 Å². The number of carbonyl (C=O) groups is 1. The molecule has 7 nitrogen and oxygen atoms in total. The van der Waals surface area contributed by atoms with Crippen LogP contribution in [-0.4, -0.2) is 51.5 Å². The van der Waals surface area contributed by atoms with Crippen LogP contribution in [0.4, 0.5) is 14.6 Å². The molecule has 1 amide bonds. The van der Waals surface area contributed by atoms with Crippen LogP contribution in [0.1, 0.15) is 10.4 Å². The lowest BCUT2D eigenvalue weighted by Crippen LogP contribution is -2.50. The molecule has 1 aliphatic heterocycles. The summed E-state index contributed by atoms with van der Waals surface area (Å²) in [6.45, 7) is 5.42. The van der Waals surface area contributed by atoms with Crippen molar-refractivity contribution in [3.63, 3.8) is 0 Å². The number of benzene rings is 1. The number of nitrogens with zero attached hydrogens (tertiary/aromatic N) is 5. The zero-order valence-electron chi connectivity index (χ0n) is 16.1. The maximum absolute atomic E-state index is 13.5. The van der Waals surface area contributed by atoms with Crippen molar-refractivity contribution in [2.75, 3.05) is 31.1 Å². The molecule has 0 N–H and O–H groups in total. The SMILES string of the molecule is C=CCn1c(=O)c(N2CCN(C(=O)c3ccc(F)c(F)c3)CC2)nc2cccnc21. The van der Waals surface area contributed by atoms with Crippen molar-refractivity contribution in [3.05, 3.63) is 76.7 Å². The summed E-state index contributed by atoms with van der Waals surface area (Å²) >= 11 is 0.